The van der Waals surface area contributed by atoms with Gasteiger partial charge in [-0.05, 0) is 12.1 Å². The third-order valence-electron chi connectivity index (χ3n) is 2.70. The van der Waals surface area contributed by atoms with Crippen molar-refractivity contribution in [2.75, 3.05) is 11.9 Å². The first-order valence-electron chi connectivity index (χ1n) is 5.91. The van der Waals surface area contributed by atoms with E-state index >= 15 is 0 Å². The molecule has 1 aromatic carbocycles. The minimum absolute atomic E-state index is 0.256. The van der Waals surface area contributed by atoms with Crippen LogP contribution in [0.3, 0.4) is 0 Å². The SMILES string of the molecule is CC(C)c1nc(Cl)cc(N(C)c2ccccc2)n1. The van der Waals surface area contributed by atoms with Gasteiger partial charge in [0.05, 0.1) is 0 Å². The highest BCUT2D eigenvalue weighted by Gasteiger charge is 2.11. The molecular weight excluding hydrogens is 246 g/mol. The first-order valence-corrected chi connectivity index (χ1v) is 6.29. The lowest BCUT2D eigenvalue weighted by atomic mass is 10.2. The van der Waals surface area contributed by atoms with Crippen LogP contribution in [-0.4, -0.2) is 17.0 Å². The number of benzene rings is 1. The van der Waals surface area contributed by atoms with Crippen molar-refractivity contribution in [3.63, 3.8) is 0 Å². The zero-order valence-corrected chi connectivity index (χ0v) is 11.5. The third kappa shape index (κ3) is 2.79. The van der Waals surface area contributed by atoms with Gasteiger partial charge in [0, 0.05) is 24.7 Å². The summed E-state index contributed by atoms with van der Waals surface area (Å²) in [7, 11) is 1.97. The van der Waals surface area contributed by atoms with Crippen LogP contribution in [0.1, 0.15) is 25.6 Å². The zero-order chi connectivity index (χ0) is 13.1. The van der Waals surface area contributed by atoms with Gasteiger partial charge in [-0.2, -0.15) is 0 Å². The molecule has 0 unspecified atom stereocenters. The molecule has 2 rings (SSSR count). The average Bonchev–Trinajstić information content (AvgIpc) is 2.38. The molecule has 0 radical (unpaired) electrons. The molecule has 0 aliphatic heterocycles. The predicted octanol–water partition coefficient (Wildman–Crippen LogP) is 4.02. The van der Waals surface area contributed by atoms with E-state index in [4.69, 9.17) is 11.6 Å². The molecule has 1 aromatic heterocycles. The molecule has 0 spiro atoms. The summed E-state index contributed by atoms with van der Waals surface area (Å²) >= 11 is 6.05. The van der Waals surface area contributed by atoms with Crippen molar-refractivity contribution in [2.45, 2.75) is 19.8 Å². The monoisotopic (exact) mass is 261 g/mol. The van der Waals surface area contributed by atoms with E-state index in [-0.39, 0.29) is 5.92 Å². The number of nitrogens with zero attached hydrogens (tertiary/aromatic N) is 3. The summed E-state index contributed by atoms with van der Waals surface area (Å²) in [5, 5.41) is 0.478. The molecule has 0 saturated carbocycles. The van der Waals surface area contributed by atoms with Crippen LogP contribution in [0.2, 0.25) is 5.15 Å². The first-order chi connectivity index (χ1) is 8.58. The predicted molar refractivity (Wildman–Crippen MR) is 75.6 cm³/mol. The Balaban J connectivity index is 2.39. The van der Waals surface area contributed by atoms with E-state index < -0.39 is 0 Å². The van der Waals surface area contributed by atoms with Crippen LogP contribution < -0.4 is 4.90 Å². The number of para-hydroxylation sites is 1. The minimum atomic E-state index is 0.256. The topological polar surface area (TPSA) is 29.0 Å². The van der Waals surface area contributed by atoms with Crippen LogP contribution in [0.4, 0.5) is 11.5 Å². The Kier molecular flexibility index (Phi) is 3.82. The Labute approximate surface area is 112 Å². The van der Waals surface area contributed by atoms with Crippen molar-refractivity contribution in [3.05, 3.63) is 47.4 Å². The first kappa shape index (κ1) is 12.8. The Morgan fingerprint density at radius 3 is 2.39 bits per heavy atom. The summed E-state index contributed by atoms with van der Waals surface area (Å²) in [5.41, 5.74) is 1.07. The number of aromatic nitrogens is 2. The van der Waals surface area contributed by atoms with Crippen molar-refractivity contribution < 1.29 is 0 Å². The maximum atomic E-state index is 6.05. The quantitative estimate of drug-likeness (QED) is 0.782. The van der Waals surface area contributed by atoms with Crippen molar-refractivity contribution in [3.8, 4) is 0 Å². The summed E-state index contributed by atoms with van der Waals surface area (Å²) < 4.78 is 0. The van der Waals surface area contributed by atoms with Gasteiger partial charge in [-0.3, -0.25) is 0 Å². The van der Waals surface area contributed by atoms with E-state index in [1.807, 2.05) is 42.3 Å². The van der Waals surface area contributed by atoms with Gasteiger partial charge in [-0.1, -0.05) is 43.6 Å². The van der Waals surface area contributed by atoms with Crippen molar-refractivity contribution >= 4 is 23.1 Å². The molecule has 2 aromatic rings. The fraction of sp³-hybridized carbons (Fsp3) is 0.286. The molecule has 0 amide bonds. The highest BCUT2D eigenvalue weighted by atomic mass is 35.5. The van der Waals surface area contributed by atoms with Crippen LogP contribution in [0.25, 0.3) is 0 Å². The lowest BCUT2D eigenvalue weighted by Gasteiger charge is -2.19. The Morgan fingerprint density at radius 2 is 1.78 bits per heavy atom. The largest absolute Gasteiger partial charge is 0.329 e. The molecular formula is C14H16ClN3. The molecule has 0 fully saturated rings. The number of hydrogen-bond acceptors (Lipinski definition) is 3. The summed E-state index contributed by atoms with van der Waals surface area (Å²) in [4.78, 5) is 10.8. The van der Waals surface area contributed by atoms with E-state index in [1.165, 1.54) is 0 Å². The molecule has 94 valence electrons. The average molecular weight is 262 g/mol. The van der Waals surface area contributed by atoms with Gasteiger partial charge in [0.1, 0.15) is 16.8 Å². The van der Waals surface area contributed by atoms with Crippen LogP contribution in [0.5, 0.6) is 0 Å². The fourth-order valence-electron chi connectivity index (χ4n) is 1.64. The zero-order valence-electron chi connectivity index (χ0n) is 10.8. The second kappa shape index (κ2) is 5.36. The van der Waals surface area contributed by atoms with Crippen LogP contribution >= 0.6 is 11.6 Å². The van der Waals surface area contributed by atoms with Crippen LogP contribution in [0, 0.1) is 0 Å². The van der Waals surface area contributed by atoms with Gasteiger partial charge in [-0.25, -0.2) is 9.97 Å². The molecule has 1 heterocycles. The van der Waals surface area contributed by atoms with Gasteiger partial charge >= 0.3 is 0 Å². The number of anilines is 2. The molecule has 18 heavy (non-hydrogen) atoms. The van der Waals surface area contributed by atoms with Crippen LogP contribution in [-0.2, 0) is 0 Å². The fourth-order valence-corrected chi connectivity index (χ4v) is 1.82. The third-order valence-corrected chi connectivity index (χ3v) is 2.90. The summed E-state index contributed by atoms with van der Waals surface area (Å²) in [5.74, 6) is 1.83. The van der Waals surface area contributed by atoms with Crippen LogP contribution in [0.15, 0.2) is 36.4 Å². The molecule has 0 aliphatic carbocycles. The molecule has 0 aliphatic rings. The maximum absolute atomic E-state index is 6.05. The smallest absolute Gasteiger partial charge is 0.137 e. The Bertz CT molecular complexity index is 526. The van der Waals surface area contributed by atoms with E-state index in [0.29, 0.717) is 5.15 Å². The molecule has 0 atom stereocenters. The molecule has 3 nitrogen and oxygen atoms in total. The van der Waals surface area contributed by atoms with Crippen molar-refractivity contribution in [1.29, 1.82) is 0 Å². The second-order valence-corrected chi connectivity index (χ2v) is 4.84. The van der Waals surface area contributed by atoms with Gasteiger partial charge < -0.3 is 4.90 Å². The van der Waals surface area contributed by atoms with Crippen molar-refractivity contribution in [2.24, 2.45) is 0 Å². The van der Waals surface area contributed by atoms with E-state index in [1.54, 1.807) is 6.07 Å². The summed E-state index contributed by atoms with van der Waals surface area (Å²) in [6.07, 6.45) is 0. The molecule has 0 bridgehead atoms. The highest BCUT2D eigenvalue weighted by molar-refractivity contribution is 6.29. The van der Waals surface area contributed by atoms with Gasteiger partial charge in [0.25, 0.3) is 0 Å². The number of hydrogen-bond donors (Lipinski definition) is 0. The molecule has 0 saturated heterocycles. The van der Waals surface area contributed by atoms with E-state index in [2.05, 4.69) is 23.8 Å². The van der Waals surface area contributed by atoms with Gasteiger partial charge in [0.2, 0.25) is 0 Å². The standard InChI is InChI=1S/C14H16ClN3/c1-10(2)14-16-12(15)9-13(17-14)18(3)11-7-5-4-6-8-11/h4-10H,1-3H3. The molecule has 0 N–H and O–H groups in total. The van der Waals surface area contributed by atoms with Gasteiger partial charge in [-0.15, -0.1) is 0 Å². The Morgan fingerprint density at radius 1 is 1.11 bits per heavy atom. The lowest BCUT2D eigenvalue weighted by molar-refractivity contribution is 0.772. The normalized spacial score (nSPS) is 10.7. The van der Waals surface area contributed by atoms with E-state index in [9.17, 15) is 0 Å². The number of halogens is 1. The van der Waals surface area contributed by atoms with E-state index in [0.717, 1.165) is 17.3 Å². The number of rotatable bonds is 3. The Hall–Kier alpha value is -1.61. The highest BCUT2D eigenvalue weighted by Crippen LogP contribution is 2.24. The summed E-state index contributed by atoms with van der Waals surface area (Å²) in [6.45, 7) is 4.11. The summed E-state index contributed by atoms with van der Waals surface area (Å²) in [6, 6.07) is 11.8. The molecule has 4 heteroatoms. The minimum Gasteiger partial charge on any atom is -0.329 e. The van der Waals surface area contributed by atoms with Crippen molar-refractivity contribution in [1.82, 2.24) is 9.97 Å². The maximum Gasteiger partial charge on any atom is 0.137 e. The second-order valence-electron chi connectivity index (χ2n) is 4.46. The van der Waals surface area contributed by atoms with Gasteiger partial charge in [0.15, 0.2) is 0 Å². The lowest BCUT2D eigenvalue weighted by Crippen LogP contribution is -2.13.